The van der Waals surface area contributed by atoms with E-state index in [0.29, 0.717) is 5.75 Å². The first kappa shape index (κ1) is 105. The Morgan fingerprint density at radius 1 is 0.517 bits per heavy atom. The number of thiol groups is 1. The van der Waals surface area contributed by atoms with Crippen LogP contribution >= 0.6 is 24.4 Å². The molecule has 1 heterocycles. The summed E-state index contributed by atoms with van der Waals surface area (Å²) in [7, 11) is 0. The zero-order chi connectivity index (χ0) is 91.1. The van der Waals surface area contributed by atoms with Gasteiger partial charge in [0, 0.05) is 38.1 Å². The van der Waals surface area contributed by atoms with Crippen molar-refractivity contribution < 1.29 is 117 Å². The van der Waals surface area contributed by atoms with E-state index in [9.17, 15) is 117 Å². The average molecular weight is 1740 g/mol. The number of benzene rings is 1. The van der Waals surface area contributed by atoms with Gasteiger partial charge in [-0.05, 0) is 119 Å². The van der Waals surface area contributed by atoms with E-state index in [1.165, 1.54) is 49.9 Å². The molecule has 0 saturated carbocycles. The van der Waals surface area contributed by atoms with E-state index in [2.05, 4.69) is 87.1 Å². The Morgan fingerprint density at radius 3 is 1.44 bits per heavy atom. The molecule has 16 atom stereocenters. The van der Waals surface area contributed by atoms with Crippen LogP contribution in [0.15, 0.2) is 24.3 Å². The number of carboxylic acids is 2. The second-order valence-electron chi connectivity index (χ2n) is 30.0. The Hall–Kier alpha value is -11.2. The SMILES string of the molecule is CSCC[C@H](NC(=O)[C@H](CC(C)C)NC(=O)[C@H](CCCNC(=N)N)NC(=O)[C@H](CCC(N)=O)NC(=O)[C@H](Cc1ccc(O)cc1)NC(=O)[C@H](CO)NC(=O)[C@H](C)NC(=O)[C@@H](NC(=O)[C@@H](NC(=O)[C@H](CC(N)=O)NC(=O)[C@@H]1CCCN1C(=O)[C@H](CS)NC(=O)[C@H](CCC(=O)O)NC(=O)[C@H](CC(C)C)NC(=O)[C@@H](N)CC(N)=O)[C@@H](C)O)C(C)C)C(=O)O. The molecule has 0 spiro atoms. The summed E-state index contributed by atoms with van der Waals surface area (Å²) >= 11 is 5.56. The number of primary amides is 3. The fraction of sp³-hybridized carbons (Fsp3) is 0.644. The highest BCUT2D eigenvalue weighted by atomic mass is 32.2. The van der Waals surface area contributed by atoms with Crippen LogP contribution in [0.4, 0.5) is 0 Å². The third kappa shape index (κ3) is 37.8. The van der Waals surface area contributed by atoms with Gasteiger partial charge in [0.05, 0.1) is 31.6 Å². The number of carboxylic acid groups (broad SMARTS) is 2. The van der Waals surface area contributed by atoms with E-state index in [1.807, 2.05) is 0 Å². The maximum Gasteiger partial charge on any atom is 0.326 e. The minimum atomic E-state index is -1.99. The molecular formula is C73H119N21O24S2. The third-order valence-corrected chi connectivity index (χ3v) is 19.4. The summed E-state index contributed by atoms with van der Waals surface area (Å²) in [6.45, 7) is 10.6. The molecule has 1 aliphatic heterocycles. The fourth-order valence-electron chi connectivity index (χ4n) is 12.0. The minimum absolute atomic E-state index is 0.000763. The Morgan fingerprint density at radius 2 is 0.967 bits per heavy atom. The minimum Gasteiger partial charge on any atom is -0.508 e. The van der Waals surface area contributed by atoms with Crippen LogP contribution in [0.3, 0.4) is 0 Å². The third-order valence-electron chi connectivity index (χ3n) is 18.4. The second-order valence-corrected chi connectivity index (χ2v) is 31.3. The number of aliphatic hydroxyl groups is 2. The smallest absolute Gasteiger partial charge is 0.326 e. The van der Waals surface area contributed by atoms with Gasteiger partial charge in [0.1, 0.15) is 90.3 Å². The van der Waals surface area contributed by atoms with E-state index in [4.69, 9.17) is 34.1 Å². The Bertz CT molecular complexity index is 3770. The van der Waals surface area contributed by atoms with Crippen molar-refractivity contribution >= 4 is 143 Å². The zero-order valence-corrected chi connectivity index (χ0v) is 70.1. The van der Waals surface area contributed by atoms with E-state index < -0.39 is 278 Å². The van der Waals surface area contributed by atoms with Crippen LogP contribution in [-0.4, -0.2) is 283 Å². The molecule has 1 aromatic rings. The summed E-state index contributed by atoms with van der Waals surface area (Å²) in [5.74, 6) is -22.9. The Labute approximate surface area is 702 Å². The molecule has 1 fully saturated rings. The molecular weight excluding hydrogens is 1620 g/mol. The number of aliphatic carboxylic acids is 2. The molecule has 30 N–H and O–H groups in total. The van der Waals surface area contributed by atoms with Crippen LogP contribution in [0.1, 0.15) is 144 Å². The first-order valence-corrected chi connectivity index (χ1v) is 40.7. The summed E-state index contributed by atoms with van der Waals surface area (Å²) < 4.78 is 0. The molecule has 672 valence electrons. The number of aliphatic hydroxyl groups excluding tert-OH is 2. The van der Waals surface area contributed by atoms with Gasteiger partial charge in [-0.3, -0.25) is 91.7 Å². The van der Waals surface area contributed by atoms with Crippen LogP contribution in [0.5, 0.6) is 5.75 Å². The molecule has 1 aliphatic rings. The number of hydrogen-bond acceptors (Lipinski definition) is 26. The van der Waals surface area contributed by atoms with Crippen LogP contribution in [0.25, 0.3) is 0 Å². The van der Waals surface area contributed by atoms with E-state index in [0.717, 1.165) is 18.7 Å². The largest absolute Gasteiger partial charge is 0.508 e. The van der Waals surface area contributed by atoms with Gasteiger partial charge in [-0.25, -0.2) is 4.79 Å². The first-order chi connectivity index (χ1) is 56.1. The van der Waals surface area contributed by atoms with Crippen molar-refractivity contribution in [1.82, 2.24) is 79.3 Å². The molecule has 0 aliphatic carbocycles. The molecule has 1 saturated heterocycles. The van der Waals surface area contributed by atoms with Gasteiger partial charge >= 0.3 is 11.9 Å². The fourth-order valence-corrected chi connectivity index (χ4v) is 12.7. The molecule has 1 aromatic carbocycles. The number of aromatic hydroxyl groups is 1. The maximum atomic E-state index is 14.5. The maximum absolute atomic E-state index is 14.5. The molecule has 2 rings (SSSR count). The lowest BCUT2D eigenvalue weighted by Gasteiger charge is -2.31. The normalized spacial score (nSPS) is 16.2. The number of thioether (sulfide) groups is 1. The summed E-state index contributed by atoms with van der Waals surface area (Å²) in [4.78, 5) is 257. The van der Waals surface area contributed by atoms with Crippen LogP contribution in [0, 0.1) is 23.2 Å². The van der Waals surface area contributed by atoms with Crippen molar-refractivity contribution in [1.29, 1.82) is 5.41 Å². The highest BCUT2D eigenvalue weighted by molar-refractivity contribution is 7.98. The number of carbonyl (C=O) groups is 19. The van der Waals surface area contributed by atoms with Crippen molar-refractivity contribution in [3.05, 3.63) is 29.8 Å². The average Bonchev–Trinajstić information content (AvgIpc) is 1.60. The van der Waals surface area contributed by atoms with E-state index >= 15 is 0 Å². The molecule has 0 radical (unpaired) electrons. The number of likely N-dealkylation sites (tertiary alicyclic amines) is 1. The number of hydrogen-bond donors (Lipinski definition) is 26. The highest BCUT2D eigenvalue weighted by Gasteiger charge is 2.43. The van der Waals surface area contributed by atoms with Crippen molar-refractivity contribution in [3.63, 3.8) is 0 Å². The van der Waals surface area contributed by atoms with Crippen LogP contribution in [0.2, 0.25) is 0 Å². The van der Waals surface area contributed by atoms with Crippen molar-refractivity contribution in [3.8, 4) is 5.75 Å². The number of carbonyl (C=O) groups excluding carboxylic acids is 17. The number of phenols is 1. The summed E-state index contributed by atoms with van der Waals surface area (Å²) in [6, 6.07) is -19.0. The number of phenolic OH excluding ortho intramolecular Hbond substituents is 1. The van der Waals surface area contributed by atoms with Gasteiger partial charge in [-0.15, -0.1) is 0 Å². The topological polar surface area (TPSA) is 751 Å². The zero-order valence-electron chi connectivity index (χ0n) is 68.4. The van der Waals surface area contributed by atoms with Crippen molar-refractivity contribution in [2.45, 2.75) is 242 Å². The first-order valence-electron chi connectivity index (χ1n) is 38.7. The quantitative estimate of drug-likeness (QED) is 0.0125. The number of nitrogens with zero attached hydrogens (tertiary/aromatic N) is 1. The second kappa shape index (κ2) is 52.7. The van der Waals surface area contributed by atoms with E-state index in [-0.39, 0.29) is 81.2 Å². The molecule has 47 heteroatoms. The number of rotatable bonds is 55. The lowest BCUT2D eigenvalue weighted by molar-refractivity contribution is -0.143. The predicted octanol–water partition coefficient (Wildman–Crippen LogP) is -8.39. The van der Waals surface area contributed by atoms with Crippen LogP contribution < -0.4 is 103 Å². The lowest BCUT2D eigenvalue weighted by atomic mass is 10.0. The standard InChI is InChI=1S/C73H119N21O24S2/c1-33(2)26-45(86-59(104)40(74)29-53(76)99)63(108)84-43(19-21-55(101)102)62(107)91-50(32-119)71(116)94-24-11-13-51(94)68(113)89-48(30-54(77)100)66(111)93-57(37(8)96)70(115)92-56(35(5)6)69(114)81-36(7)58(103)90-49(31-95)67(112)88-47(28-38-14-16-39(97)17-15-38)65(110)83-42(18-20-52(75)98)61(106)82-41(12-10-23-80-73(78)79)60(105)87-46(27-34(3)4)64(109)85-44(72(117)118)22-25-120-9/h14-17,33-37,40-51,56-57,95-97,119H,10-13,18-32,74H2,1-9H3,(H2,75,98)(H2,76,99)(H2,77,100)(H,81,114)(H,82,106)(H,83,110)(H,84,108)(H,85,109)(H,86,104)(H,87,105)(H,88,112)(H,89,113)(H,90,103)(H,91,107)(H,92,115)(H,93,111)(H,101,102)(H,117,118)(H4,78,79,80)/t36-,37+,40-,41-,42-,43-,44-,45-,46-,47-,48-,49-,50-,51-,56-,57-/m0/s1. The molecule has 0 bridgehead atoms. The van der Waals surface area contributed by atoms with Gasteiger partial charge in [-0.1, -0.05) is 53.7 Å². The van der Waals surface area contributed by atoms with Crippen molar-refractivity contribution in [2.75, 3.05) is 37.5 Å². The Balaban J connectivity index is 2.40. The van der Waals surface area contributed by atoms with Gasteiger partial charge in [-0.2, -0.15) is 24.4 Å². The Kier molecular flexibility index (Phi) is 46.0. The molecule has 17 amide bonds. The molecule has 0 unspecified atom stereocenters. The summed E-state index contributed by atoms with van der Waals surface area (Å²) in [5.41, 5.74) is 27.6. The number of nitrogens with two attached hydrogens (primary N) is 5. The van der Waals surface area contributed by atoms with Crippen molar-refractivity contribution in [2.24, 2.45) is 46.4 Å². The molecule has 0 aromatic heterocycles. The molecule has 120 heavy (non-hydrogen) atoms. The number of guanidine groups is 1. The summed E-state index contributed by atoms with van der Waals surface area (Å²) in [5, 5.41) is 92.1. The van der Waals surface area contributed by atoms with Gasteiger partial charge < -0.3 is 134 Å². The van der Waals surface area contributed by atoms with Gasteiger partial charge in [0.25, 0.3) is 0 Å². The van der Waals surface area contributed by atoms with Gasteiger partial charge in [0.15, 0.2) is 5.96 Å². The van der Waals surface area contributed by atoms with Gasteiger partial charge in [0.2, 0.25) is 100 Å². The highest BCUT2D eigenvalue weighted by Crippen LogP contribution is 2.21. The predicted molar refractivity (Wildman–Crippen MR) is 434 cm³/mol. The van der Waals surface area contributed by atoms with E-state index in [1.54, 1.807) is 34.0 Å². The van der Waals surface area contributed by atoms with Crippen LogP contribution in [-0.2, 0) is 97.5 Å². The lowest BCUT2D eigenvalue weighted by Crippen LogP contribution is -2.63. The molecule has 45 nitrogen and oxygen atoms in total. The number of nitrogens with one attached hydrogen (secondary N) is 15. The number of amides is 17. The summed E-state index contributed by atoms with van der Waals surface area (Å²) in [6.07, 6.45) is -4.37. The monoisotopic (exact) mass is 1740 g/mol.